The number of anilines is 1. The summed E-state index contributed by atoms with van der Waals surface area (Å²) in [4.78, 5) is 12.8. The third-order valence-corrected chi connectivity index (χ3v) is 6.36. The molecule has 12 nitrogen and oxygen atoms in total. The molecule has 3 aromatic heterocycles. The molecule has 1 aromatic carbocycles. The topological polar surface area (TPSA) is 143 Å². The second-order valence-electron chi connectivity index (χ2n) is 7.61. The first-order chi connectivity index (χ1) is 17.3. The van der Waals surface area contributed by atoms with Gasteiger partial charge in [-0.25, -0.2) is 23.4 Å². The summed E-state index contributed by atoms with van der Waals surface area (Å²) in [7, 11) is 0.618. The lowest BCUT2D eigenvalue weighted by molar-refractivity contribution is 0.391. The molecule has 0 saturated heterocycles. The molecule has 36 heavy (non-hydrogen) atoms. The molecule has 1 N–H and O–H groups in total. The molecule has 13 heteroatoms. The van der Waals surface area contributed by atoms with Crippen LogP contribution in [0.4, 0.5) is 5.95 Å². The van der Waals surface area contributed by atoms with Crippen LogP contribution in [0.25, 0.3) is 17.2 Å². The highest BCUT2D eigenvalue weighted by atomic mass is 32.2. The number of ether oxygens (including phenoxy) is 3. The highest BCUT2D eigenvalue weighted by Crippen LogP contribution is 2.37. The fourth-order valence-corrected chi connectivity index (χ4v) is 4.36. The van der Waals surface area contributed by atoms with Crippen LogP contribution in [0.5, 0.6) is 17.4 Å². The van der Waals surface area contributed by atoms with E-state index in [1.807, 2.05) is 6.92 Å². The van der Waals surface area contributed by atoms with Crippen molar-refractivity contribution < 1.29 is 22.6 Å². The summed E-state index contributed by atoms with van der Waals surface area (Å²) in [5.41, 5.74) is 1.68. The fourth-order valence-electron chi connectivity index (χ4n) is 3.40. The Balaban J connectivity index is 1.78. The summed E-state index contributed by atoms with van der Waals surface area (Å²) < 4.78 is 46.4. The van der Waals surface area contributed by atoms with Crippen LogP contribution >= 0.6 is 0 Å². The summed E-state index contributed by atoms with van der Waals surface area (Å²) in [6.45, 7) is 1.86. The summed E-state index contributed by atoms with van der Waals surface area (Å²) in [5, 5.41) is 8.36. The van der Waals surface area contributed by atoms with E-state index in [1.54, 1.807) is 48.8 Å². The third-order valence-electron chi connectivity index (χ3n) is 5.13. The average molecular weight is 512 g/mol. The number of para-hydroxylation sites is 1. The molecule has 188 valence electrons. The first-order valence-electron chi connectivity index (χ1n) is 10.8. The van der Waals surface area contributed by atoms with Crippen molar-refractivity contribution in [2.75, 3.05) is 31.8 Å². The number of rotatable bonds is 10. The second kappa shape index (κ2) is 10.6. The van der Waals surface area contributed by atoms with Gasteiger partial charge in [-0.3, -0.25) is 9.29 Å². The Labute approximate surface area is 208 Å². The van der Waals surface area contributed by atoms with Crippen LogP contribution in [0.2, 0.25) is 0 Å². The molecule has 0 aliphatic rings. The zero-order chi connectivity index (χ0) is 25.7. The van der Waals surface area contributed by atoms with Crippen molar-refractivity contribution in [1.82, 2.24) is 29.7 Å². The van der Waals surface area contributed by atoms with Gasteiger partial charge in [-0.05, 0) is 30.7 Å². The quantitative estimate of drug-likeness (QED) is 0.337. The number of methoxy groups -OCH3 is 3. The second-order valence-corrected chi connectivity index (χ2v) is 9.45. The van der Waals surface area contributed by atoms with Crippen LogP contribution in [0.1, 0.15) is 11.4 Å². The summed E-state index contributed by atoms with van der Waals surface area (Å²) in [5.74, 6) is 1.50. The number of nitrogens with zero attached hydrogens (tertiary/aromatic N) is 6. The smallest absolute Gasteiger partial charge is 0.243 e. The van der Waals surface area contributed by atoms with E-state index in [1.165, 1.54) is 25.9 Å². The lowest BCUT2D eigenvalue weighted by atomic mass is 10.2. The predicted molar refractivity (Wildman–Crippen MR) is 132 cm³/mol. The Morgan fingerprint density at radius 2 is 1.58 bits per heavy atom. The van der Waals surface area contributed by atoms with E-state index in [4.69, 9.17) is 14.2 Å². The number of aromatic nitrogens is 6. The first-order valence-corrected chi connectivity index (χ1v) is 12.5. The van der Waals surface area contributed by atoms with Crippen molar-refractivity contribution in [3.8, 4) is 34.6 Å². The molecule has 3 heterocycles. The largest absolute Gasteiger partial charge is 0.494 e. The van der Waals surface area contributed by atoms with Gasteiger partial charge >= 0.3 is 0 Å². The highest BCUT2D eigenvalue weighted by Gasteiger charge is 2.26. The molecular formula is C23H25N7O5S. The Morgan fingerprint density at radius 1 is 0.917 bits per heavy atom. The third kappa shape index (κ3) is 5.35. The van der Waals surface area contributed by atoms with Crippen molar-refractivity contribution >= 4 is 16.0 Å². The molecule has 4 aromatic rings. The number of pyridine rings is 1. The molecule has 0 aliphatic heterocycles. The maximum absolute atomic E-state index is 13.0. The summed E-state index contributed by atoms with van der Waals surface area (Å²) in [6.07, 6.45) is 3.40. The molecule has 0 bridgehead atoms. The predicted octanol–water partition coefficient (Wildman–Crippen LogP) is 2.44. The van der Waals surface area contributed by atoms with E-state index in [-0.39, 0.29) is 23.9 Å². The summed E-state index contributed by atoms with van der Waals surface area (Å²) in [6, 6.07) is 10.3. The number of sulfonamides is 1. The van der Waals surface area contributed by atoms with Gasteiger partial charge in [0, 0.05) is 24.9 Å². The fraction of sp³-hybridized carbons (Fsp3) is 0.261. The lowest BCUT2D eigenvalue weighted by Gasteiger charge is -2.17. The van der Waals surface area contributed by atoms with Gasteiger partial charge in [0.25, 0.3) is 0 Å². The molecule has 0 amide bonds. The van der Waals surface area contributed by atoms with E-state index in [2.05, 4.69) is 29.9 Å². The number of benzene rings is 1. The van der Waals surface area contributed by atoms with Crippen molar-refractivity contribution in [3.63, 3.8) is 0 Å². The van der Waals surface area contributed by atoms with E-state index in [0.29, 0.717) is 34.6 Å². The minimum Gasteiger partial charge on any atom is -0.494 e. The van der Waals surface area contributed by atoms with Crippen LogP contribution in [-0.2, 0) is 16.4 Å². The minimum absolute atomic E-state index is 0.0674. The molecule has 0 spiro atoms. The van der Waals surface area contributed by atoms with Crippen LogP contribution in [-0.4, -0.2) is 65.2 Å². The van der Waals surface area contributed by atoms with Gasteiger partial charge < -0.3 is 14.2 Å². The molecule has 0 radical (unpaired) electrons. The van der Waals surface area contributed by atoms with Crippen LogP contribution in [0, 0.1) is 6.92 Å². The minimum atomic E-state index is -3.87. The highest BCUT2D eigenvalue weighted by molar-refractivity contribution is 7.92. The molecule has 0 unspecified atom stereocenters. The van der Waals surface area contributed by atoms with Crippen molar-refractivity contribution in [2.24, 2.45) is 0 Å². The Hall–Kier alpha value is -4.26. The summed E-state index contributed by atoms with van der Waals surface area (Å²) >= 11 is 0. The first kappa shape index (κ1) is 24.9. The van der Waals surface area contributed by atoms with E-state index in [9.17, 15) is 8.42 Å². The van der Waals surface area contributed by atoms with Gasteiger partial charge in [0.1, 0.15) is 28.7 Å². The number of hydrogen-bond donors (Lipinski definition) is 1. The molecule has 0 aliphatic carbocycles. The molecule has 0 saturated carbocycles. The van der Waals surface area contributed by atoms with Gasteiger partial charge in [-0.15, -0.1) is 10.2 Å². The van der Waals surface area contributed by atoms with E-state index >= 15 is 0 Å². The molecular weight excluding hydrogens is 486 g/mol. The van der Waals surface area contributed by atoms with Gasteiger partial charge in [-0.2, -0.15) is 0 Å². The zero-order valence-corrected chi connectivity index (χ0v) is 21.0. The Kier molecular flexibility index (Phi) is 7.29. The SMILES string of the molecule is COc1cccc(-c2nnc(NS(=O)(=O)CCc3ncc(C)cn3)n2-c2c(OC)cccc2OC)n1. The monoisotopic (exact) mass is 511 g/mol. The number of aryl methyl sites for hydroxylation is 2. The van der Waals surface area contributed by atoms with Crippen molar-refractivity contribution in [1.29, 1.82) is 0 Å². The Bertz CT molecular complexity index is 1430. The molecule has 4 rings (SSSR count). The maximum Gasteiger partial charge on any atom is 0.243 e. The standard InChI is InChI=1S/C23H25N7O5S/c1-15-13-24-19(25-14-15)11-12-36(31,32)29-23-28-27-22(16-7-5-10-20(26-16)35-4)30(23)21-17(33-2)8-6-9-18(21)34-3/h5-10,13-14H,11-12H2,1-4H3,(H,28,29). The van der Waals surface area contributed by atoms with E-state index in [0.717, 1.165) is 5.56 Å². The zero-order valence-electron chi connectivity index (χ0n) is 20.2. The van der Waals surface area contributed by atoms with Gasteiger partial charge in [-0.1, -0.05) is 12.1 Å². The molecule has 0 atom stereocenters. The van der Waals surface area contributed by atoms with Crippen molar-refractivity contribution in [3.05, 3.63) is 60.2 Å². The normalized spacial score (nSPS) is 11.2. The van der Waals surface area contributed by atoms with Crippen molar-refractivity contribution in [2.45, 2.75) is 13.3 Å². The van der Waals surface area contributed by atoms with Crippen LogP contribution in [0.3, 0.4) is 0 Å². The maximum atomic E-state index is 13.0. The lowest BCUT2D eigenvalue weighted by Crippen LogP contribution is -2.21. The Morgan fingerprint density at radius 3 is 2.22 bits per heavy atom. The average Bonchev–Trinajstić information content (AvgIpc) is 3.30. The molecule has 0 fully saturated rings. The van der Waals surface area contributed by atoms with Crippen LogP contribution in [0.15, 0.2) is 48.8 Å². The van der Waals surface area contributed by atoms with Crippen LogP contribution < -0.4 is 18.9 Å². The van der Waals surface area contributed by atoms with E-state index < -0.39 is 10.0 Å². The van der Waals surface area contributed by atoms with Gasteiger partial charge in [0.2, 0.25) is 21.9 Å². The van der Waals surface area contributed by atoms with Gasteiger partial charge in [0.15, 0.2) is 5.82 Å². The number of hydrogen-bond acceptors (Lipinski definition) is 10. The van der Waals surface area contributed by atoms with Gasteiger partial charge in [0.05, 0.1) is 27.1 Å². The number of nitrogens with one attached hydrogen (secondary N) is 1.